The maximum absolute atomic E-state index is 6.45. The molecule has 6 aromatic heterocycles. The Morgan fingerprint density at radius 2 is 0.684 bits per heavy atom. The number of ether oxygens (including phenoxy) is 2. The Balaban J connectivity index is 1.04. The normalized spacial score (nSPS) is 12.6. The van der Waals surface area contributed by atoms with Gasteiger partial charge in [-0.1, -0.05) is 72.8 Å². The molecule has 0 amide bonds. The van der Waals surface area contributed by atoms with Crippen molar-refractivity contribution in [2.24, 2.45) is 21.1 Å². The Morgan fingerprint density at radius 3 is 1.09 bits per heavy atom. The average Bonchev–Trinajstić information content (AvgIpc) is 4.12. The zero-order valence-corrected chi connectivity index (χ0v) is 41.4. The van der Waals surface area contributed by atoms with E-state index in [1.807, 2.05) is 149 Å². The molecule has 8 heterocycles. The van der Waals surface area contributed by atoms with Crippen molar-refractivity contribution in [2.75, 3.05) is 9.80 Å². The molecule has 13 heteroatoms. The van der Waals surface area contributed by atoms with Crippen LogP contribution >= 0.6 is 0 Å². The van der Waals surface area contributed by atoms with Gasteiger partial charge in [0.05, 0.1) is 22.7 Å². The van der Waals surface area contributed by atoms with Crippen LogP contribution in [0.5, 0.6) is 23.0 Å². The molecule has 13 aromatic rings. The summed E-state index contributed by atoms with van der Waals surface area (Å²) in [7, 11) is 6.11. The largest absolute Gasteiger partial charge is 0.453 e. The molecule has 2 aliphatic heterocycles. The van der Waals surface area contributed by atoms with Crippen molar-refractivity contribution < 1.29 is 9.47 Å². The van der Waals surface area contributed by atoms with Crippen LogP contribution in [0.1, 0.15) is 0 Å². The molecular formula is C63H43N11O2. The number of hydrogen-bond acceptors (Lipinski definition) is 10. The molecule has 76 heavy (non-hydrogen) atoms. The van der Waals surface area contributed by atoms with E-state index in [1.165, 1.54) is 0 Å². The molecule has 0 unspecified atom stereocenters. The van der Waals surface area contributed by atoms with E-state index in [0.29, 0.717) is 5.82 Å². The van der Waals surface area contributed by atoms with Gasteiger partial charge in [0.25, 0.3) is 0 Å². The number of imidazole rings is 3. The van der Waals surface area contributed by atoms with Gasteiger partial charge in [0.15, 0.2) is 39.9 Å². The molecule has 0 saturated heterocycles. The lowest BCUT2D eigenvalue weighted by atomic mass is 9.83. The lowest BCUT2D eigenvalue weighted by Crippen LogP contribution is -2.15. The highest BCUT2D eigenvalue weighted by Crippen LogP contribution is 2.55. The molecule has 2 aliphatic rings. The van der Waals surface area contributed by atoms with E-state index < -0.39 is 0 Å². The standard InChI is InChI=1S/C63H43N11O2/c1-70-58(67-44-15-12-34-64-59(44)70)43-37-42(38-26-30-40(31-27-38)73-47-18-4-8-22-51(47)75-52-23-9-5-19-48(52)73)56(62-68-45-16-13-35-65-60(45)71(62)2)55(57(43)63-69-46-17-14-36-66-61(46)72(63)3)39-28-32-41(33-29-39)74-49-20-6-10-24-53(49)76-54-25-11-7-21-50(54)74/h4-37H,1-3H3. The van der Waals surface area contributed by atoms with Crippen molar-refractivity contribution in [2.45, 2.75) is 0 Å². The van der Waals surface area contributed by atoms with Crippen molar-refractivity contribution in [3.05, 3.63) is 207 Å². The number of pyridine rings is 3. The second kappa shape index (κ2) is 16.8. The third-order valence-corrected chi connectivity index (χ3v) is 14.6. The fourth-order valence-corrected chi connectivity index (χ4v) is 11.1. The maximum atomic E-state index is 6.45. The monoisotopic (exact) mass is 985 g/mol. The first-order valence-corrected chi connectivity index (χ1v) is 25.0. The van der Waals surface area contributed by atoms with Crippen molar-refractivity contribution in [3.8, 4) is 79.4 Å². The summed E-state index contributed by atoms with van der Waals surface area (Å²) in [5, 5.41) is 0. The summed E-state index contributed by atoms with van der Waals surface area (Å²) < 4.78 is 19.1. The average molecular weight is 986 g/mol. The number of rotatable bonds is 7. The summed E-state index contributed by atoms with van der Waals surface area (Å²) in [5.74, 6) is 5.30. The molecule has 0 atom stereocenters. The lowest BCUT2D eigenvalue weighted by molar-refractivity contribution is 0.477. The summed E-state index contributed by atoms with van der Waals surface area (Å²) >= 11 is 0. The molecular weight excluding hydrogens is 943 g/mol. The third kappa shape index (κ3) is 6.58. The SMILES string of the molecule is Cn1c(-c2cc(-c3ccc(N4c5ccccc5Oc5ccccc54)cc3)c(-c3nc4cccnc4n3C)c(-c3ccc(N4c5ccccc5Oc5ccccc54)cc3)c2-c2nc3cccnc3n2C)nc2cccnc21. The first-order valence-electron chi connectivity index (χ1n) is 25.0. The van der Waals surface area contributed by atoms with Crippen molar-refractivity contribution >= 4 is 67.6 Å². The quantitative estimate of drug-likeness (QED) is 0.153. The molecule has 0 N–H and O–H groups in total. The van der Waals surface area contributed by atoms with Gasteiger partial charge < -0.3 is 33.0 Å². The first kappa shape index (κ1) is 43.2. The van der Waals surface area contributed by atoms with E-state index in [2.05, 4.69) is 102 Å². The van der Waals surface area contributed by atoms with Crippen molar-refractivity contribution in [3.63, 3.8) is 0 Å². The van der Waals surface area contributed by atoms with Crippen LogP contribution < -0.4 is 19.3 Å². The van der Waals surface area contributed by atoms with E-state index in [0.717, 1.165) is 141 Å². The topological polar surface area (TPSA) is 117 Å². The second-order valence-electron chi connectivity index (χ2n) is 19.0. The zero-order valence-electron chi connectivity index (χ0n) is 41.4. The molecule has 13 nitrogen and oxygen atoms in total. The van der Waals surface area contributed by atoms with Gasteiger partial charge >= 0.3 is 0 Å². The van der Waals surface area contributed by atoms with Crippen LogP contribution in [0.15, 0.2) is 207 Å². The van der Waals surface area contributed by atoms with Crippen LogP contribution in [-0.4, -0.2) is 43.6 Å². The molecule has 0 radical (unpaired) electrons. The van der Waals surface area contributed by atoms with Gasteiger partial charge in [0, 0.05) is 73.4 Å². The van der Waals surface area contributed by atoms with Gasteiger partial charge in [-0.15, -0.1) is 0 Å². The number of fused-ring (bicyclic) bond motifs is 7. The van der Waals surface area contributed by atoms with Crippen LogP contribution in [0, 0.1) is 0 Å². The van der Waals surface area contributed by atoms with Gasteiger partial charge in [-0.05, 0) is 132 Å². The number of aromatic nitrogens is 9. The minimum atomic E-state index is 0.712. The molecule has 0 bridgehead atoms. The van der Waals surface area contributed by atoms with E-state index >= 15 is 0 Å². The fraction of sp³-hybridized carbons (Fsp3) is 0.0476. The van der Waals surface area contributed by atoms with Crippen LogP contribution in [-0.2, 0) is 21.1 Å². The Morgan fingerprint density at radius 1 is 0.329 bits per heavy atom. The number of benzene rings is 7. The van der Waals surface area contributed by atoms with Crippen molar-refractivity contribution in [1.29, 1.82) is 0 Å². The fourth-order valence-electron chi connectivity index (χ4n) is 11.1. The van der Waals surface area contributed by atoms with E-state index in [9.17, 15) is 0 Å². The Kier molecular flexibility index (Phi) is 9.57. The first-order chi connectivity index (χ1) is 37.4. The lowest BCUT2D eigenvalue weighted by Gasteiger charge is -2.33. The second-order valence-corrected chi connectivity index (χ2v) is 19.0. The number of nitrogens with zero attached hydrogens (tertiary/aromatic N) is 11. The summed E-state index contributed by atoms with van der Waals surface area (Å²) in [6, 6.07) is 64.3. The molecule has 7 aromatic carbocycles. The van der Waals surface area contributed by atoms with Crippen LogP contribution in [0.4, 0.5) is 34.1 Å². The van der Waals surface area contributed by atoms with E-state index in [-0.39, 0.29) is 0 Å². The summed E-state index contributed by atoms with van der Waals surface area (Å²) in [6.07, 6.45) is 5.44. The highest BCUT2D eigenvalue weighted by atomic mass is 16.5. The summed E-state index contributed by atoms with van der Waals surface area (Å²) in [4.78, 5) is 35.4. The number of anilines is 6. The predicted octanol–water partition coefficient (Wildman–Crippen LogP) is 15.0. The smallest absolute Gasteiger partial charge is 0.159 e. The highest BCUT2D eigenvalue weighted by Gasteiger charge is 2.33. The Labute approximate surface area is 435 Å². The van der Waals surface area contributed by atoms with Gasteiger partial charge in [0.1, 0.15) is 34.0 Å². The maximum Gasteiger partial charge on any atom is 0.159 e. The third-order valence-electron chi connectivity index (χ3n) is 14.6. The van der Waals surface area contributed by atoms with Gasteiger partial charge in [-0.25, -0.2) is 29.9 Å². The summed E-state index contributed by atoms with van der Waals surface area (Å²) in [5.41, 5.74) is 16.6. The number of aryl methyl sites for hydroxylation is 3. The minimum absolute atomic E-state index is 0.712. The predicted molar refractivity (Wildman–Crippen MR) is 299 cm³/mol. The number of para-hydroxylation sites is 8. The molecule has 0 fully saturated rings. The molecule has 15 rings (SSSR count). The van der Waals surface area contributed by atoms with Gasteiger partial charge in [-0.2, -0.15) is 0 Å². The Bertz CT molecular complexity index is 4390. The van der Waals surface area contributed by atoms with Gasteiger partial charge in [-0.3, -0.25) is 0 Å². The Hall–Kier alpha value is -10.4. The van der Waals surface area contributed by atoms with Gasteiger partial charge in [0.2, 0.25) is 0 Å². The van der Waals surface area contributed by atoms with Crippen LogP contribution in [0.25, 0.3) is 89.9 Å². The van der Waals surface area contributed by atoms with E-state index in [1.54, 1.807) is 0 Å². The van der Waals surface area contributed by atoms with Crippen molar-refractivity contribution in [1.82, 2.24) is 43.6 Å². The minimum Gasteiger partial charge on any atom is -0.453 e. The van der Waals surface area contributed by atoms with E-state index in [4.69, 9.17) is 39.4 Å². The molecule has 0 saturated carbocycles. The highest BCUT2D eigenvalue weighted by molar-refractivity contribution is 6.07. The molecule has 362 valence electrons. The van der Waals surface area contributed by atoms with Crippen LogP contribution in [0.2, 0.25) is 0 Å². The molecule has 0 spiro atoms. The zero-order chi connectivity index (χ0) is 50.6. The molecule has 0 aliphatic carbocycles. The summed E-state index contributed by atoms with van der Waals surface area (Å²) in [6.45, 7) is 0. The van der Waals surface area contributed by atoms with Crippen LogP contribution in [0.3, 0.4) is 0 Å². The number of hydrogen-bond donors (Lipinski definition) is 0.